The molecular formula is C25H31N7O5. The Morgan fingerprint density at radius 2 is 1.89 bits per heavy atom. The fourth-order valence-corrected chi connectivity index (χ4v) is 4.61. The number of rotatable bonds is 10. The van der Waals surface area contributed by atoms with Crippen molar-refractivity contribution in [2.75, 3.05) is 6.54 Å². The number of nitrogens with one attached hydrogen (secondary N) is 4. The molecule has 37 heavy (non-hydrogen) atoms. The van der Waals surface area contributed by atoms with Crippen molar-refractivity contribution in [1.82, 2.24) is 30.5 Å². The Kier molecular flexibility index (Phi) is 7.87. The summed E-state index contributed by atoms with van der Waals surface area (Å²) in [5.41, 5.74) is 8.03. The number of nitrogens with two attached hydrogens (primary N) is 1. The monoisotopic (exact) mass is 509 g/mol. The molecule has 4 unspecified atom stereocenters. The number of aromatic amines is 2. The molecule has 0 aliphatic carbocycles. The van der Waals surface area contributed by atoms with Crippen LogP contribution in [0.3, 0.4) is 0 Å². The molecule has 12 heteroatoms. The predicted molar refractivity (Wildman–Crippen MR) is 134 cm³/mol. The van der Waals surface area contributed by atoms with E-state index in [-0.39, 0.29) is 19.4 Å². The van der Waals surface area contributed by atoms with Crippen LogP contribution in [0.15, 0.2) is 43.0 Å². The Hall–Kier alpha value is -4.19. The zero-order valence-corrected chi connectivity index (χ0v) is 20.4. The lowest BCUT2D eigenvalue weighted by Crippen LogP contribution is -2.58. The van der Waals surface area contributed by atoms with Crippen molar-refractivity contribution in [2.45, 2.75) is 56.8 Å². The molecule has 1 aliphatic heterocycles. The van der Waals surface area contributed by atoms with Crippen molar-refractivity contribution in [2.24, 2.45) is 5.73 Å². The minimum atomic E-state index is -1.08. The second-order valence-electron chi connectivity index (χ2n) is 9.28. The van der Waals surface area contributed by atoms with Crippen molar-refractivity contribution in [3.8, 4) is 0 Å². The van der Waals surface area contributed by atoms with Gasteiger partial charge in [-0.15, -0.1) is 0 Å². The number of carboxylic acids is 1. The zero-order valence-electron chi connectivity index (χ0n) is 20.4. The van der Waals surface area contributed by atoms with Crippen LogP contribution in [0.5, 0.6) is 0 Å². The number of fused-ring (bicyclic) bond motifs is 1. The standard InChI is InChI=1S/C25H31N7O5/c1-14(26)22(33)30-19(9-15-11-28-18-6-3-2-5-17(15)18)23(34)31-20(10-16-12-27-13-29-16)24(35)32-8-4-7-21(32)25(36)37/h2-3,5-6,11-14,19-21,28H,4,7-10,26H2,1H3,(H,27,29)(H,30,33)(H,31,34)(H,36,37). The van der Waals surface area contributed by atoms with Gasteiger partial charge in [0.05, 0.1) is 12.4 Å². The third-order valence-electron chi connectivity index (χ3n) is 6.56. The first-order valence-electron chi connectivity index (χ1n) is 12.2. The van der Waals surface area contributed by atoms with E-state index in [0.717, 1.165) is 16.5 Å². The highest BCUT2D eigenvalue weighted by molar-refractivity contribution is 5.95. The minimum absolute atomic E-state index is 0.0778. The molecule has 196 valence electrons. The average molecular weight is 510 g/mol. The number of aliphatic carboxylic acids is 1. The zero-order chi connectivity index (χ0) is 26.5. The number of carbonyl (C=O) groups excluding carboxylic acids is 3. The number of hydrogen-bond donors (Lipinski definition) is 6. The van der Waals surface area contributed by atoms with E-state index in [2.05, 4.69) is 25.6 Å². The second-order valence-corrected chi connectivity index (χ2v) is 9.28. The fourth-order valence-electron chi connectivity index (χ4n) is 4.61. The van der Waals surface area contributed by atoms with E-state index in [1.165, 1.54) is 24.3 Å². The van der Waals surface area contributed by atoms with E-state index >= 15 is 0 Å². The summed E-state index contributed by atoms with van der Waals surface area (Å²) in [5.74, 6) is -2.68. The Morgan fingerprint density at radius 3 is 2.59 bits per heavy atom. The lowest BCUT2D eigenvalue weighted by molar-refractivity contribution is -0.149. The van der Waals surface area contributed by atoms with Crippen molar-refractivity contribution >= 4 is 34.6 Å². The SMILES string of the molecule is CC(N)C(=O)NC(Cc1c[nH]c2ccccc12)C(=O)NC(Cc1cnc[nH]1)C(=O)N1CCCC1C(=O)O. The summed E-state index contributed by atoms with van der Waals surface area (Å²) in [5, 5.41) is 15.9. The minimum Gasteiger partial charge on any atom is -0.480 e. The summed E-state index contributed by atoms with van der Waals surface area (Å²) in [6.07, 6.45) is 5.90. The smallest absolute Gasteiger partial charge is 0.326 e. The van der Waals surface area contributed by atoms with E-state index in [4.69, 9.17) is 5.73 Å². The molecule has 1 fully saturated rings. The van der Waals surface area contributed by atoms with Gasteiger partial charge in [-0.2, -0.15) is 0 Å². The first-order chi connectivity index (χ1) is 17.7. The predicted octanol–water partition coefficient (Wildman–Crippen LogP) is 0.0686. The van der Waals surface area contributed by atoms with Gasteiger partial charge in [-0.25, -0.2) is 9.78 Å². The van der Waals surface area contributed by atoms with Gasteiger partial charge in [0.2, 0.25) is 17.7 Å². The lowest BCUT2D eigenvalue weighted by atomic mass is 10.0. The molecule has 4 rings (SSSR count). The molecule has 3 heterocycles. The summed E-state index contributed by atoms with van der Waals surface area (Å²) in [4.78, 5) is 62.5. The van der Waals surface area contributed by atoms with Gasteiger partial charge < -0.3 is 36.3 Å². The Labute approximate surface area is 213 Å². The van der Waals surface area contributed by atoms with E-state index in [0.29, 0.717) is 18.5 Å². The summed E-state index contributed by atoms with van der Waals surface area (Å²) < 4.78 is 0. The van der Waals surface area contributed by atoms with Gasteiger partial charge in [0.15, 0.2) is 0 Å². The van der Waals surface area contributed by atoms with Crippen molar-refractivity contribution < 1.29 is 24.3 Å². The molecule has 0 saturated carbocycles. The third-order valence-corrected chi connectivity index (χ3v) is 6.56. The van der Waals surface area contributed by atoms with Crippen LogP contribution in [0.2, 0.25) is 0 Å². The number of para-hydroxylation sites is 1. The molecule has 1 aromatic carbocycles. The molecule has 1 aliphatic rings. The molecule has 4 atom stereocenters. The van der Waals surface area contributed by atoms with Crippen LogP contribution in [0.25, 0.3) is 10.9 Å². The number of nitrogens with zero attached hydrogens (tertiary/aromatic N) is 2. The molecule has 12 nitrogen and oxygen atoms in total. The molecule has 1 saturated heterocycles. The van der Waals surface area contributed by atoms with Crippen molar-refractivity contribution in [1.29, 1.82) is 0 Å². The third kappa shape index (κ3) is 5.97. The first-order valence-corrected chi connectivity index (χ1v) is 12.2. The van der Waals surface area contributed by atoms with Crippen LogP contribution in [-0.4, -0.2) is 79.4 Å². The highest BCUT2D eigenvalue weighted by Crippen LogP contribution is 2.21. The Morgan fingerprint density at radius 1 is 1.14 bits per heavy atom. The number of likely N-dealkylation sites (tertiary alicyclic amines) is 1. The molecular weight excluding hydrogens is 478 g/mol. The number of H-pyrrole nitrogens is 2. The molecule has 7 N–H and O–H groups in total. The molecule has 0 spiro atoms. The van der Waals surface area contributed by atoms with Crippen LogP contribution in [0, 0.1) is 0 Å². The lowest BCUT2D eigenvalue weighted by Gasteiger charge is -2.28. The van der Waals surface area contributed by atoms with E-state index in [9.17, 15) is 24.3 Å². The maximum absolute atomic E-state index is 13.5. The molecule has 3 amide bonds. The molecule has 0 bridgehead atoms. The first kappa shape index (κ1) is 25.9. The van der Waals surface area contributed by atoms with E-state index in [1.807, 2.05) is 24.3 Å². The van der Waals surface area contributed by atoms with Gasteiger partial charge in [-0.05, 0) is 31.4 Å². The average Bonchev–Trinajstić information content (AvgIpc) is 3.64. The Bertz CT molecular complexity index is 1270. The van der Waals surface area contributed by atoms with E-state index in [1.54, 1.807) is 6.20 Å². The van der Waals surface area contributed by atoms with Gasteiger partial charge in [0, 0.05) is 48.4 Å². The van der Waals surface area contributed by atoms with Gasteiger partial charge >= 0.3 is 5.97 Å². The number of carbonyl (C=O) groups is 4. The summed E-state index contributed by atoms with van der Waals surface area (Å²) >= 11 is 0. The number of imidazole rings is 1. The second kappa shape index (κ2) is 11.2. The van der Waals surface area contributed by atoms with Gasteiger partial charge in [0.1, 0.15) is 18.1 Å². The normalized spacial score (nSPS) is 17.8. The topological polar surface area (TPSA) is 186 Å². The summed E-state index contributed by atoms with van der Waals surface area (Å²) in [6.45, 7) is 1.80. The van der Waals surface area contributed by atoms with Crippen LogP contribution in [-0.2, 0) is 32.0 Å². The maximum atomic E-state index is 13.5. The van der Waals surface area contributed by atoms with Crippen molar-refractivity contribution in [3.05, 3.63) is 54.2 Å². The number of aromatic nitrogens is 3. The summed E-state index contributed by atoms with van der Waals surface area (Å²) in [7, 11) is 0. The van der Waals surface area contributed by atoms with Gasteiger partial charge in [0.25, 0.3) is 0 Å². The molecule has 0 radical (unpaired) electrons. The molecule has 3 aromatic rings. The van der Waals surface area contributed by atoms with Crippen LogP contribution in [0.1, 0.15) is 31.0 Å². The molecule has 2 aromatic heterocycles. The van der Waals surface area contributed by atoms with Crippen molar-refractivity contribution in [3.63, 3.8) is 0 Å². The van der Waals surface area contributed by atoms with Crippen LogP contribution < -0.4 is 16.4 Å². The number of benzene rings is 1. The number of amides is 3. The highest BCUT2D eigenvalue weighted by atomic mass is 16.4. The van der Waals surface area contributed by atoms with Gasteiger partial charge in [-0.1, -0.05) is 18.2 Å². The Balaban J connectivity index is 1.59. The maximum Gasteiger partial charge on any atom is 0.326 e. The van der Waals surface area contributed by atoms with E-state index < -0.39 is 47.9 Å². The number of carboxylic acid groups (broad SMARTS) is 1. The number of hydrogen-bond acceptors (Lipinski definition) is 6. The van der Waals surface area contributed by atoms with Crippen LogP contribution in [0.4, 0.5) is 0 Å². The fraction of sp³-hybridized carbons (Fsp3) is 0.400. The largest absolute Gasteiger partial charge is 0.480 e. The van der Waals surface area contributed by atoms with Crippen LogP contribution >= 0.6 is 0 Å². The quantitative estimate of drug-likeness (QED) is 0.223. The summed E-state index contributed by atoms with van der Waals surface area (Å²) in [6, 6.07) is 3.70. The van der Waals surface area contributed by atoms with Gasteiger partial charge in [-0.3, -0.25) is 14.4 Å². The highest BCUT2D eigenvalue weighted by Gasteiger charge is 2.38.